The van der Waals surface area contributed by atoms with Gasteiger partial charge in [0, 0.05) is 31.7 Å². The number of nitrogens with one attached hydrogen (secondary N) is 1. The summed E-state index contributed by atoms with van der Waals surface area (Å²) < 4.78 is 6.79. The van der Waals surface area contributed by atoms with Gasteiger partial charge in [0.2, 0.25) is 0 Å². The lowest BCUT2D eigenvalue weighted by Gasteiger charge is -2.35. The Morgan fingerprint density at radius 1 is 1.22 bits per heavy atom. The van der Waals surface area contributed by atoms with E-state index in [-0.39, 0.29) is 18.0 Å². The number of hydrogen-bond donors (Lipinski definition) is 1. The Hall–Kier alpha value is -2.16. The normalized spacial score (nSPS) is 24.3. The summed E-state index contributed by atoms with van der Waals surface area (Å²) in [5.74, 6) is -0.0699. The van der Waals surface area contributed by atoms with Crippen LogP contribution in [-0.4, -0.2) is 81.7 Å². The summed E-state index contributed by atoms with van der Waals surface area (Å²) in [4.78, 5) is 28.0. The number of likely N-dealkylation sites (tertiary alicyclic amines) is 1. The highest BCUT2D eigenvalue weighted by molar-refractivity contribution is 5.92. The van der Waals surface area contributed by atoms with E-state index in [1.54, 1.807) is 15.8 Å². The maximum atomic E-state index is 12.7. The third-order valence-corrected chi connectivity index (χ3v) is 5.86. The van der Waals surface area contributed by atoms with Crippen LogP contribution in [-0.2, 0) is 11.3 Å². The first-order valence-corrected chi connectivity index (χ1v) is 10.1. The number of aryl methyl sites for hydroxylation is 1. The van der Waals surface area contributed by atoms with Gasteiger partial charge in [0.15, 0.2) is 5.69 Å². The van der Waals surface area contributed by atoms with Crippen molar-refractivity contribution in [1.29, 1.82) is 0 Å². The molecule has 0 unspecified atom stereocenters. The molecule has 1 aromatic heterocycles. The highest BCUT2D eigenvalue weighted by atomic mass is 16.6. The Kier molecular flexibility index (Phi) is 5.56. The summed E-state index contributed by atoms with van der Waals surface area (Å²) in [7, 11) is 0. The van der Waals surface area contributed by atoms with Gasteiger partial charge >= 0.3 is 6.09 Å². The molecule has 27 heavy (non-hydrogen) atoms. The molecule has 3 aliphatic heterocycles. The SMILES string of the molecule is O=C(c1cn(CC[C@H]2CCCCN2)nn1)N1CCC(N2CCOC2=O)CC1. The fourth-order valence-electron chi connectivity index (χ4n) is 4.24. The van der Waals surface area contributed by atoms with Crippen LogP contribution in [0.25, 0.3) is 0 Å². The fraction of sp³-hybridized carbons (Fsp3) is 0.778. The van der Waals surface area contributed by atoms with E-state index in [9.17, 15) is 9.59 Å². The van der Waals surface area contributed by atoms with Crippen molar-refractivity contribution in [3.63, 3.8) is 0 Å². The van der Waals surface area contributed by atoms with Gasteiger partial charge in [0.1, 0.15) is 6.61 Å². The number of cyclic esters (lactones) is 1. The van der Waals surface area contributed by atoms with Gasteiger partial charge in [-0.1, -0.05) is 11.6 Å². The number of rotatable bonds is 5. The highest BCUT2D eigenvalue weighted by Crippen LogP contribution is 2.21. The summed E-state index contributed by atoms with van der Waals surface area (Å²) in [6.07, 6.45) is 7.85. The topological polar surface area (TPSA) is 92.6 Å². The molecule has 1 aromatic rings. The van der Waals surface area contributed by atoms with Crippen LogP contribution in [0.5, 0.6) is 0 Å². The van der Waals surface area contributed by atoms with E-state index in [0.717, 1.165) is 32.4 Å². The first-order valence-electron chi connectivity index (χ1n) is 10.1. The second kappa shape index (κ2) is 8.24. The van der Waals surface area contributed by atoms with E-state index in [4.69, 9.17) is 4.74 Å². The number of carbonyl (C=O) groups is 2. The van der Waals surface area contributed by atoms with Crippen LogP contribution in [0, 0.1) is 0 Å². The summed E-state index contributed by atoms with van der Waals surface area (Å²) in [5.41, 5.74) is 0.408. The van der Waals surface area contributed by atoms with Crippen molar-refractivity contribution in [2.45, 2.75) is 57.2 Å². The molecule has 3 saturated heterocycles. The van der Waals surface area contributed by atoms with E-state index in [1.165, 1.54) is 19.3 Å². The second-order valence-corrected chi connectivity index (χ2v) is 7.63. The largest absolute Gasteiger partial charge is 0.448 e. The minimum absolute atomic E-state index is 0.0699. The Labute approximate surface area is 159 Å². The van der Waals surface area contributed by atoms with Crippen LogP contribution in [0.3, 0.4) is 0 Å². The van der Waals surface area contributed by atoms with Gasteiger partial charge in [-0.25, -0.2) is 4.79 Å². The monoisotopic (exact) mass is 376 g/mol. The molecule has 2 amide bonds. The molecule has 0 bridgehead atoms. The Morgan fingerprint density at radius 3 is 2.78 bits per heavy atom. The minimum Gasteiger partial charge on any atom is -0.448 e. The van der Waals surface area contributed by atoms with Crippen molar-refractivity contribution in [3.05, 3.63) is 11.9 Å². The molecule has 4 heterocycles. The molecule has 0 radical (unpaired) electrons. The minimum atomic E-state index is -0.227. The molecule has 0 aromatic carbocycles. The van der Waals surface area contributed by atoms with Gasteiger partial charge in [-0.2, -0.15) is 0 Å². The van der Waals surface area contributed by atoms with E-state index >= 15 is 0 Å². The van der Waals surface area contributed by atoms with Crippen LogP contribution in [0.1, 0.15) is 49.0 Å². The molecular weight excluding hydrogens is 348 g/mol. The van der Waals surface area contributed by atoms with E-state index < -0.39 is 0 Å². The van der Waals surface area contributed by atoms with Crippen LogP contribution in [0.4, 0.5) is 4.79 Å². The van der Waals surface area contributed by atoms with E-state index in [2.05, 4.69) is 15.6 Å². The predicted octanol–water partition coefficient (Wildman–Crippen LogP) is 0.867. The van der Waals surface area contributed by atoms with Crippen LogP contribution >= 0.6 is 0 Å². The summed E-state index contributed by atoms with van der Waals surface area (Å²) in [6.45, 7) is 4.26. The molecule has 0 aliphatic carbocycles. The lowest BCUT2D eigenvalue weighted by Crippen LogP contribution is -2.47. The molecule has 1 atom stereocenters. The maximum Gasteiger partial charge on any atom is 0.410 e. The van der Waals surface area contributed by atoms with Gasteiger partial charge in [0.05, 0.1) is 12.7 Å². The predicted molar refractivity (Wildman–Crippen MR) is 97.3 cm³/mol. The third-order valence-electron chi connectivity index (χ3n) is 5.86. The molecule has 3 aliphatic rings. The molecule has 9 nitrogen and oxygen atoms in total. The molecule has 148 valence electrons. The molecule has 1 N–H and O–H groups in total. The molecule has 0 spiro atoms. The maximum absolute atomic E-state index is 12.7. The quantitative estimate of drug-likeness (QED) is 0.820. The lowest BCUT2D eigenvalue weighted by atomic mass is 10.0. The highest BCUT2D eigenvalue weighted by Gasteiger charge is 2.33. The van der Waals surface area contributed by atoms with Gasteiger partial charge in [-0.15, -0.1) is 5.10 Å². The number of carbonyl (C=O) groups excluding carboxylic acids is 2. The average molecular weight is 376 g/mol. The van der Waals surface area contributed by atoms with Gasteiger partial charge in [0.25, 0.3) is 5.91 Å². The Bertz CT molecular complexity index is 664. The lowest BCUT2D eigenvalue weighted by molar-refractivity contribution is 0.0652. The number of piperidine rings is 2. The van der Waals surface area contributed by atoms with Gasteiger partial charge < -0.3 is 19.9 Å². The first kappa shape index (κ1) is 18.2. The average Bonchev–Trinajstić information content (AvgIpc) is 3.36. The Morgan fingerprint density at radius 2 is 2.07 bits per heavy atom. The van der Waals surface area contributed by atoms with Crippen molar-refractivity contribution in [3.8, 4) is 0 Å². The Balaban J connectivity index is 1.26. The van der Waals surface area contributed by atoms with E-state index in [0.29, 0.717) is 38.0 Å². The number of nitrogens with zero attached hydrogens (tertiary/aromatic N) is 5. The molecular formula is C18H28N6O3. The van der Waals surface area contributed by atoms with Gasteiger partial charge in [-0.3, -0.25) is 9.48 Å². The summed E-state index contributed by atoms with van der Waals surface area (Å²) >= 11 is 0. The summed E-state index contributed by atoms with van der Waals surface area (Å²) in [6, 6.07) is 0.709. The number of ether oxygens (including phenoxy) is 1. The smallest absolute Gasteiger partial charge is 0.410 e. The van der Waals surface area contributed by atoms with Crippen molar-refractivity contribution in [1.82, 2.24) is 30.1 Å². The number of hydrogen-bond acceptors (Lipinski definition) is 6. The zero-order valence-corrected chi connectivity index (χ0v) is 15.7. The summed E-state index contributed by atoms with van der Waals surface area (Å²) in [5, 5.41) is 11.7. The van der Waals surface area contributed by atoms with Crippen LogP contribution in [0.2, 0.25) is 0 Å². The number of amides is 2. The van der Waals surface area contributed by atoms with E-state index in [1.807, 2.05) is 4.90 Å². The zero-order valence-electron chi connectivity index (χ0n) is 15.7. The molecule has 3 fully saturated rings. The first-order chi connectivity index (χ1) is 13.2. The van der Waals surface area contributed by atoms with Crippen molar-refractivity contribution in [2.24, 2.45) is 0 Å². The molecule has 0 saturated carbocycles. The molecule has 4 rings (SSSR count). The number of aromatic nitrogens is 3. The standard InChI is InChI=1S/C18H28N6O3/c25-17(22-8-5-15(6-9-22)24-11-12-27-18(24)26)16-13-23(21-20-16)10-4-14-3-1-2-7-19-14/h13-15,19H,1-12H2/t14-/m1/s1. The van der Waals surface area contributed by atoms with Crippen LogP contribution < -0.4 is 5.32 Å². The van der Waals surface area contributed by atoms with Gasteiger partial charge in [-0.05, 0) is 38.6 Å². The second-order valence-electron chi connectivity index (χ2n) is 7.63. The third kappa shape index (κ3) is 4.23. The zero-order chi connectivity index (χ0) is 18.6. The fourth-order valence-corrected chi connectivity index (χ4v) is 4.24. The van der Waals surface area contributed by atoms with Crippen molar-refractivity contribution < 1.29 is 14.3 Å². The van der Waals surface area contributed by atoms with Crippen molar-refractivity contribution in [2.75, 3.05) is 32.8 Å². The molecule has 9 heteroatoms. The van der Waals surface area contributed by atoms with Crippen LogP contribution in [0.15, 0.2) is 6.20 Å². The van der Waals surface area contributed by atoms with Crippen molar-refractivity contribution >= 4 is 12.0 Å².